The summed E-state index contributed by atoms with van der Waals surface area (Å²) in [5, 5.41) is 3.59. The summed E-state index contributed by atoms with van der Waals surface area (Å²) in [5.74, 6) is 0.816. The minimum Gasteiger partial charge on any atom is -0.497 e. The van der Waals surface area contributed by atoms with E-state index in [2.05, 4.69) is 31.0 Å². The van der Waals surface area contributed by atoms with Gasteiger partial charge in [0.15, 0.2) is 5.78 Å². The molecule has 0 amide bonds. The fourth-order valence-corrected chi connectivity index (χ4v) is 3.33. The Morgan fingerprint density at radius 2 is 1.73 bits per heavy atom. The number of hydrogen-bond donors (Lipinski definition) is 1. The number of methoxy groups -OCH3 is 1. The van der Waals surface area contributed by atoms with Gasteiger partial charge in [0.05, 0.1) is 7.11 Å². The van der Waals surface area contributed by atoms with Crippen LogP contribution in [-0.2, 0) is 6.54 Å². The van der Waals surface area contributed by atoms with Crippen LogP contribution in [0.1, 0.15) is 55.1 Å². The van der Waals surface area contributed by atoms with Gasteiger partial charge in [0.25, 0.3) is 0 Å². The summed E-state index contributed by atoms with van der Waals surface area (Å²) in [5.41, 5.74) is 2.87. The molecule has 1 atom stereocenters. The average molecular weight is 409 g/mol. The summed E-state index contributed by atoms with van der Waals surface area (Å²) in [6.07, 6.45) is 5.83. The third kappa shape index (κ3) is 8.13. The Kier molecular flexibility index (Phi) is 10.3. The van der Waals surface area contributed by atoms with E-state index in [4.69, 9.17) is 4.74 Å². The summed E-state index contributed by atoms with van der Waals surface area (Å²) >= 11 is 0. The predicted molar refractivity (Wildman–Crippen MR) is 126 cm³/mol. The van der Waals surface area contributed by atoms with Gasteiger partial charge in [-0.1, -0.05) is 56.3 Å². The third-order valence-corrected chi connectivity index (χ3v) is 5.44. The van der Waals surface area contributed by atoms with Gasteiger partial charge in [-0.15, -0.1) is 0 Å². The number of hydrogen-bond acceptors (Lipinski definition) is 4. The molecule has 0 radical (unpaired) electrons. The molecule has 1 N–H and O–H groups in total. The highest BCUT2D eigenvalue weighted by Gasteiger charge is 2.05. The summed E-state index contributed by atoms with van der Waals surface area (Å²) < 4.78 is 5.15. The van der Waals surface area contributed by atoms with Crippen molar-refractivity contribution in [3.05, 3.63) is 71.3 Å². The monoisotopic (exact) mass is 408 g/mol. The van der Waals surface area contributed by atoms with E-state index in [1.165, 1.54) is 24.9 Å². The highest BCUT2D eigenvalue weighted by Crippen LogP contribution is 2.13. The summed E-state index contributed by atoms with van der Waals surface area (Å²) in [6, 6.07) is 16.0. The van der Waals surface area contributed by atoms with E-state index in [0.29, 0.717) is 11.6 Å². The second-order valence-corrected chi connectivity index (χ2v) is 7.62. The Balaban J connectivity index is 1.78. The van der Waals surface area contributed by atoms with Crippen molar-refractivity contribution in [1.29, 1.82) is 0 Å². The molecule has 2 aromatic carbocycles. The molecule has 30 heavy (non-hydrogen) atoms. The van der Waals surface area contributed by atoms with E-state index in [1.807, 2.05) is 54.6 Å². The Labute approximate surface area is 181 Å². The largest absolute Gasteiger partial charge is 0.497 e. The van der Waals surface area contributed by atoms with E-state index < -0.39 is 0 Å². The SMILES string of the molecule is CCN(CC)CCCC(C)NCc1ccc(C(=O)/C=C/c2ccc(OC)cc2)cc1. The van der Waals surface area contributed by atoms with Crippen LogP contribution < -0.4 is 10.1 Å². The second-order valence-electron chi connectivity index (χ2n) is 7.62. The molecule has 0 aromatic heterocycles. The standard InChI is InChI=1S/C26H36N2O2/c1-5-28(6-2)19-7-8-21(3)27-20-23-9-14-24(15-10-23)26(29)18-13-22-11-16-25(30-4)17-12-22/h9-18,21,27H,5-8,19-20H2,1-4H3/b18-13+. The second kappa shape index (κ2) is 13.0. The zero-order valence-corrected chi connectivity index (χ0v) is 18.9. The van der Waals surface area contributed by atoms with Crippen LogP contribution in [0.5, 0.6) is 5.75 Å². The van der Waals surface area contributed by atoms with Gasteiger partial charge in [-0.25, -0.2) is 0 Å². The van der Waals surface area contributed by atoms with Gasteiger partial charge < -0.3 is 15.0 Å². The van der Waals surface area contributed by atoms with Gasteiger partial charge in [-0.2, -0.15) is 0 Å². The van der Waals surface area contributed by atoms with Crippen molar-refractivity contribution in [3.63, 3.8) is 0 Å². The van der Waals surface area contributed by atoms with E-state index in [0.717, 1.165) is 30.9 Å². The highest BCUT2D eigenvalue weighted by molar-refractivity contribution is 6.06. The van der Waals surface area contributed by atoms with Gasteiger partial charge in [-0.05, 0) is 68.7 Å². The van der Waals surface area contributed by atoms with E-state index in [1.54, 1.807) is 13.2 Å². The van der Waals surface area contributed by atoms with Crippen molar-refractivity contribution in [2.45, 2.75) is 46.2 Å². The van der Waals surface area contributed by atoms with Crippen LogP contribution in [0.2, 0.25) is 0 Å². The minimum atomic E-state index is 0.00935. The number of carbonyl (C=O) groups is 1. The molecule has 162 valence electrons. The number of nitrogens with zero attached hydrogens (tertiary/aromatic N) is 1. The van der Waals surface area contributed by atoms with Crippen LogP contribution in [0, 0.1) is 0 Å². The zero-order valence-electron chi connectivity index (χ0n) is 18.9. The van der Waals surface area contributed by atoms with E-state index in [9.17, 15) is 4.79 Å². The first-order valence-electron chi connectivity index (χ1n) is 11.0. The molecule has 0 heterocycles. The molecule has 0 aliphatic carbocycles. The Morgan fingerprint density at radius 1 is 1.07 bits per heavy atom. The first kappa shape index (κ1) is 23.8. The van der Waals surface area contributed by atoms with Crippen molar-refractivity contribution in [3.8, 4) is 5.75 Å². The lowest BCUT2D eigenvalue weighted by Crippen LogP contribution is -2.28. The quantitative estimate of drug-likeness (QED) is 0.366. The number of ether oxygens (including phenoxy) is 1. The minimum absolute atomic E-state index is 0.00935. The van der Waals surface area contributed by atoms with Crippen LogP contribution in [0.25, 0.3) is 6.08 Å². The number of benzene rings is 2. The van der Waals surface area contributed by atoms with Gasteiger partial charge >= 0.3 is 0 Å². The molecular formula is C26H36N2O2. The smallest absolute Gasteiger partial charge is 0.185 e. The van der Waals surface area contributed by atoms with Crippen molar-refractivity contribution < 1.29 is 9.53 Å². The van der Waals surface area contributed by atoms with Crippen LogP contribution >= 0.6 is 0 Å². The Bertz CT molecular complexity index is 778. The van der Waals surface area contributed by atoms with Crippen molar-refractivity contribution in [2.75, 3.05) is 26.7 Å². The molecule has 2 rings (SSSR count). The molecule has 4 heteroatoms. The lowest BCUT2D eigenvalue weighted by molar-refractivity contribution is 0.104. The third-order valence-electron chi connectivity index (χ3n) is 5.44. The molecule has 0 spiro atoms. The van der Waals surface area contributed by atoms with Crippen molar-refractivity contribution in [2.24, 2.45) is 0 Å². The number of carbonyl (C=O) groups excluding carboxylic acids is 1. The van der Waals surface area contributed by atoms with Gasteiger partial charge in [0.1, 0.15) is 5.75 Å². The first-order chi connectivity index (χ1) is 14.5. The molecule has 0 aliphatic rings. The molecule has 0 bridgehead atoms. The van der Waals surface area contributed by atoms with Gasteiger partial charge in [-0.3, -0.25) is 4.79 Å². The molecule has 2 aromatic rings. The number of allylic oxidation sites excluding steroid dienone is 1. The fraction of sp³-hybridized carbons (Fsp3) is 0.423. The molecular weight excluding hydrogens is 372 g/mol. The van der Waals surface area contributed by atoms with E-state index >= 15 is 0 Å². The van der Waals surface area contributed by atoms with Crippen LogP contribution in [0.15, 0.2) is 54.6 Å². The molecule has 1 unspecified atom stereocenters. The average Bonchev–Trinajstić information content (AvgIpc) is 2.79. The lowest BCUT2D eigenvalue weighted by Gasteiger charge is -2.19. The molecule has 0 fully saturated rings. The molecule has 0 saturated carbocycles. The normalized spacial score (nSPS) is 12.4. The zero-order chi connectivity index (χ0) is 21.8. The molecule has 4 nitrogen and oxygen atoms in total. The Morgan fingerprint density at radius 3 is 2.33 bits per heavy atom. The topological polar surface area (TPSA) is 41.6 Å². The highest BCUT2D eigenvalue weighted by atomic mass is 16.5. The summed E-state index contributed by atoms with van der Waals surface area (Å²) in [7, 11) is 1.64. The van der Waals surface area contributed by atoms with Crippen LogP contribution in [0.4, 0.5) is 0 Å². The van der Waals surface area contributed by atoms with Gasteiger partial charge in [0.2, 0.25) is 0 Å². The summed E-state index contributed by atoms with van der Waals surface area (Å²) in [4.78, 5) is 14.9. The lowest BCUT2D eigenvalue weighted by atomic mass is 10.1. The van der Waals surface area contributed by atoms with Crippen LogP contribution in [-0.4, -0.2) is 43.5 Å². The predicted octanol–water partition coefficient (Wildman–Crippen LogP) is 5.19. The maximum Gasteiger partial charge on any atom is 0.185 e. The van der Waals surface area contributed by atoms with E-state index in [-0.39, 0.29) is 5.78 Å². The molecule has 0 saturated heterocycles. The van der Waals surface area contributed by atoms with Crippen molar-refractivity contribution >= 4 is 11.9 Å². The number of rotatable bonds is 13. The van der Waals surface area contributed by atoms with Gasteiger partial charge in [0, 0.05) is 18.2 Å². The maximum absolute atomic E-state index is 12.4. The van der Waals surface area contributed by atoms with Crippen LogP contribution in [0.3, 0.4) is 0 Å². The summed E-state index contributed by atoms with van der Waals surface area (Å²) in [6.45, 7) is 10.9. The number of ketones is 1. The number of nitrogens with one attached hydrogen (secondary N) is 1. The van der Waals surface area contributed by atoms with Crippen molar-refractivity contribution in [1.82, 2.24) is 10.2 Å². The molecule has 0 aliphatic heterocycles. The fourth-order valence-electron chi connectivity index (χ4n) is 3.33. The first-order valence-corrected chi connectivity index (χ1v) is 11.0. The Hall–Kier alpha value is -2.43. The maximum atomic E-state index is 12.4.